The van der Waals surface area contributed by atoms with Crippen LogP contribution in [0.5, 0.6) is 0 Å². The molecule has 0 unspecified atom stereocenters. The molecular formula is C14H10N2O. The molecule has 3 nitrogen and oxygen atoms in total. The monoisotopic (exact) mass is 222 g/mol. The van der Waals surface area contributed by atoms with E-state index in [1.807, 2.05) is 47.0 Å². The van der Waals surface area contributed by atoms with E-state index in [1.54, 1.807) is 18.3 Å². The number of hydrogen-bond donors (Lipinski definition) is 0. The van der Waals surface area contributed by atoms with Gasteiger partial charge in [0.15, 0.2) is 0 Å². The fourth-order valence-corrected chi connectivity index (χ4v) is 1.78. The quantitative estimate of drug-likeness (QED) is 0.624. The molecule has 0 bridgehead atoms. The number of rotatable bonds is 2. The van der Waals surface area contributed by atoms with Crippen molar-refractivity contribution in [3.05, 3.63) is 72.2 Å². The minimum Gasteiger partial charge on any atom is -0.306 e. The summed E-state index contributed by atoms with van der Waals surface area (Å²) in [4.78, 5) is 16.4. The predicted molar refractivity (Wildman–Crippen MR) is 65.1 cm³/mol. The number of pyridine rings is 1. The zero-order valence-electron chi connectivity index (χ0n) is 9.08. The van der Waals surface area contributed by atoms with Gasteiger partial charge < -0.3 is 4.40 Å². The summed E-state index contributed by atoms with van der Waals surface area (Å²) in [6.07, 6.45) is 3.63. The molecule has 0 saturated carbocycles. The van der Waals surface area contributed by atoms with Crippen LogP contribution in [0.3, 0.4) is 0 Å². The van der Waals surface area contributed by atoms with E-state index in [0.29, 0.717) is 11.3 Å². The molecule has 17 heavy (non-hydrogen) atoms. The third-order valence-electron chi connectivity index (χ3n) is 2.63. The molecule has 3 heteroatoms. The number of carbonyl (C=O) groups excluding carboxylic acids is 1. The van der Waals surface area contributed by atoms with E-state index < -0.39 is 0 Å². The molecule has 3 rings (SSSR count). The summed E-state index contributed by atoms with van der Waals surface area (Å²) in [6.45, 7) is 0. The van der Waals surface area contributed by atoms with E-state index in [0.717, 1.165) is 5.65 Å². The van der Waals surface area contributed by atoms with Gasteiger partial charge in [-0.25, -0.2) is 4.98 Å². The van der Waals surface area contributed by atoms with Crippen LogP contribution in [0.2, 0.25) is 0 Å². The number of benzene rings is 1. The molecule has 0 N–H and O–H groups in total. The maximum Gasteiger partial charge on any atom is 0.212 e. The number of nitrogens with zero attached hydrogens (tertiary/aromatic N) is 2. The smallest absolute Gasteiger partial charge is 0.212 e. The van der Waals surface area contributed by atoms with E-state index in [9.17, 15) is 4.79 Å². The summed E-state index contributed by atoms with van der Waals surface area (Å²) in [7, 11) is 0. The fraction of sp³-hybridized carbons (Fsp3) is 0. The Hall–Kier alpha value is -2.42. The summed E-state index contributed by atoms with van der Waals surface area (Å²) in [5.41, 5.74) is 1.92. The van der Waals surface area contributed by atoms with Crippen molar-refractivity contribution in [3.63, 3.8) is 0 Å². The van der Waals surface area contributed by atoms with Crippen LogP contribution in [0, 0.1) is 0 Å². The van der Waals surface area contributed by atoms with E-state index in [1.165, 1.54) is 0 Å². The van der Waals surface area contributed by atoms with Gasteiger partial charge in [0.25, 0.3) is 0 Å². The molecule has 0 aliphatic carbocycles. The standard InChI is InChI=1S/C14H10N2O/c17-14(11-6-2-1-3-7-11)12-10-16-9-5-4-8-13(16)15-12/h1-10H. The highest BCUT2D eigenvalue weighted by molar-refractivity contribution is 6.07. The average Bonchev–Trinajstić information content (AvgIpc) is 2.82. The highest BCUT2D eigenvalue weighted by atomic mass is 16.1. The lowest BCUT2D eigenvalue weighted by atomic mass is 10.1. The van der Waals surface area contributed by atoms with Crippen LogP contribution < -0.4 is 0 Å². The number of hydrogen-bond acceptors (Lipinski definition) is 2. The van der Waals surface area contributed by atoms with Crippen molar-refractivity contribution >= 4 is 11.4 Å². The number of carbonyl (C=O) groups is 1. The second kappa shape index (κ2) is 3.87. The van der Waals surface area contributed by atoms with Gasteiger partial charge in [-0.2, -0.15) is 0 Å². The minimum atomic E-state index is -0.0469. The van der Waals surface area contributed by atoms with Crippen molar-refractivity contribution in [2.24, 2.45) is 0 Å². The van der Waals surface area contributed by atoms with Crippen molar-refractivity contribution in [2.75, 3.05) is 0 Å². The predicted octanol–water partition coefficient (Wildman–Crippen LogP) is 2.57. The summed E-state index contributed by atoms with van der Waals surface area (Å²) in [5.74, 6) is -0.0469. The Labute approximate surface area is 98.4 Å². The van der Waals surface area contributed by atoms with Crippen molar-refractivity contribution in [3.8, 4) is 0 Å². The SMILES string of the molecule is O=C(c1ccccc1)c1cn2ccccc2n1. The molecule has 3 aromatic rings. The molecule has 0 saturated heterocycles. The molecule has 0 fully saturated rings. The Kier molecular flexibility index (Phi) is 2.22. The van der Waals surface area contributed by atoms with Gasteiger partial charge in [0.1, 0.15) is 11.3 Å². The number of fused-ring (bicyclic) bond motifs is 1. The first kappa shape index (κ1) is 9.78. The molecule has 0 atom stereocenters. The minimum absolute atomic E-state index is 0.0469. The zero-order chi connectivity index (χ0) is 11.7. The van der Waals surface area contributed by atoms with Crippen molar-refractivity contribution in [1.29, 1.82) is 0 Å². The zero-order valence-corrected chi connectivity index (χ0v) is 9.08. The average molecular weight is 222 g/mol. The number of ketones is 1. The summed E-state index contributed by atoms with van der Waals surface area (Å²) < 4.78 is 1.84. The van der Waals surface area contributed by atoms with Crippen molar-refractivity contribution in [1.82, 2.24) is 9.38 Å². The second-order valence-electron chi connectivity index (χ2n) is 3.79. The molecular weight excluding hydrogens is 212 g/mol. The molecule has 0 amide bonds. The van der Waals surface area contributed by atoms with Crippen LogP contribution in [-0.2, 0) is 0 Å². The normalized spacial score (nSPS) is 10.6. The molecule has 0 radical (unpaired) electrons. The van der Waals surface area contributed by atoms with Gasteiger partial charge in [-0.15, -0.1) is 0 Å². The third kappa shape index (κ3) is 1.72. The van der Waals surface area contributed by atoms with Crippen LogP contribution in [0.25, 0.3) is 5.65 Å². The van der Waals surface area contributed by atoms with E-state index in [2.05, 4.69) is 4.98 Å². The highest BCUT2D eigenvalue weighted by Crippen LogP contribution is 2.10. The van der Waals surface area contributed by atoms with Crippen molar-refractivity contribution in [2.45, 2.75) is 0 Å². The number of aromatic nitrogens is 2. The van der Waals surface area contributed by atoms with Crippen LogP contribution >= 0.6 is 0 Å². The fourth-order valence-electron chi connectivity index (χ4n) is 1.78. The molecule has 0 aliphatic heterocycles. The van der Waals surface area contributed by atoms with Crippen LogP contribution in [0.4, 0.5) is 0 Å². The Bertz CT molecular complexity index is 638. The molecule has 2 heterocycles. The van der Waals surface area contributed by atoms with Crippen molar-refractivity contribution < 1.29 is 4.79 Å². The summed E-state index contributed by atoms with van der Waals surface area (Å²) in [6, 6.07) is 14.9. The van der Waals surface area contributed by atoms with Gasteiger partial charge in [-0.3, -0.25) is 4.79 Å². The first-order valence-electron chi connectivity index (χ1n) is 5.38. The first-order chi connectivity index (χ1) is 8.34. The summed E-state index contributed by atoms with van der Waals surface area (Å²) >= 11 is 0. The molecule has 0 spiro atoms. The van der Waals surface area contributed by atoms with E-state index in [-0.39, 0.29) is 5.78 Å². The van der Waals surface area contributed by atoms with Crippen LogP contribution in [0.15, 0.2) is 60.9 Å². The molecule has 82 valence electrons. The van der Waals surface area contributed by atoms with Gasteiger partial charge in [0.2, 0.25) is 5.78 Å². The molecule has 2 aromatic heterocycles. The lowest BCUT2D eigenvalue weighted by Crippen LogP contribution is -2.00. The Morgan fingerprint density at radius 2 is 1.76 bits per heavy atom. The van der Waals surface area contributed by atoms with Gasteiger partial charge in [0, 0.05) is 18.0 Å². The second-order valence-corrected chi connectivity index (χ2v) is 3.79. The Morgan fingerprint density at radius 1 is 1.00 bits per heavy atom. The van der Waals surface area contributed by atoms with Gasteiger partial charge in [0.05, 0.1) is 0 Å². The lowest BCUT2D eigenvalue weighted by Gasteiger charge is -1.94. The topological polar surface area (TPSA) is 34.4 Å². The lowest BCUT2D eigenvalue weighted by molar-refractivity contribution is 0.103. The van der Waals surface area contributed by atoms with Gasteiger partial charge in [-0.05, 0) is 12.1 Å². The summed E-state index contributed by atoms with van der Waals surface area (Å²) in [5, 5.41) is 0. The van der Waals surface area contributed by atoms with Gasteiger partial charge >= 0.3 is 0 Å². The Morgan fingerprint density at radius 3 is 2.53 bits per heavy atom. The van der Waals surface area contributed by atoms with Gasteiger partial charge in [-0.1, -0.05) is 36.4 Å². The largest absolute Gasteiger partial charge is 0.306 e. The van der Waals surface area contributed by atoms with Crippen LogP contribution in [-0.4, -0.2) is 15.2 Å². The highest BCUT2D eigenvalue weighted by Gasteiger charge is 2.12. The molecule has 1 aromatic carbocycles. The first-order valence-corrected chi connectivity index (χ1v) is 5.38. The Balaban J connectivity index is 2.07. The third-order valence-corrected chi connectivity index (χ3v) is 2.63. The van der Waals surface area contributed by atoms with E-state index >= 15 is 0 Å². The van der Waals surface area contributed by atoms with E-state index in [4.69, 9.17) is 0 Å². The maximum atomic E-state index is 12.1. The van der Waals surface area contributed by atoms with Crippen LogP contribution in [0.1, 0.15) is 16.1 Å². The number of imidazole rings is 1. The molecule has 0 aliphatic rings. The maximum absolute atomic E-state index is 12.1.